The number of ketones is 1. The second kappa shape index (κ2) is 6.08. The fraction of sp³-hybridized carbons (Fsp3) is 0.500. The first-order valence-electron chi connectivity index (χ1n) is 6.94. The maximum absolute atomic E-state index is 12.2. The molecule has 1 aliphatic rings. The van der Waals surface area contributed by atoms with Gasteiger partial charge in [0.15, 0.2) is 5.78 Å². The molecule has 1 aromatic rings. The van der Waals surface area contributed by atoms with Crippen LogP contribution in [0.3, 0.4) is 0 Å². The van der Waals surface area contributed by atoms with Crippen molar-refractivity contribution in [2.75, 3.05) is 13.1 Å². The van der Waals surface area contributed by atoms with Gasteiger partial charge in [0.25, 0.3) is 0 Å². The standard InChI is InChI=1S/C16H20BrNO2/c1-16(2)9-10-18(11-14(16)19)15(20)8-5-12-3-6-13(17)7-4-12/h3-4,6-7H,5,8-11H2,1-2H3. The van der Waals surface area contributed by atoms with E-state index in [0.717, 1.165) is 22.9 Å². The van der Waals surface area contributed by atoms with E-state index < -0.39 is 0 Å². The van der Waals surface area contributed by atoms with Crippen LogP contribution in [0.25, 0.3) is 0 Å². The maximum atomic E-state index is 12.2. The van der Waals surface area contributed by atoms with Gasteiger partial charge in [-0.05, 0) is 30.5 Å². The highest BCUT2D eigenvalue weighted by Gasteiger charge is 2.35. The molecule has 2 rings (SSSR count). The van der Waals surface area contributed by atoms with Crippen molar-refractivity contribution in [1.29, 1.82) is 0 Å². The minimum atomic E-state index is -0.275. The summed E-state index contributed by atoms with van der Waals surface area (Å²) < 4.78 is 1.04. The molecule has 3 nitrogen and oxygen atoms in total. The van der Waals surface area contributed by atoms with Gasteiger partial charge in [-0.15, -0.1) is 0 Å². The number of halogens is 1. The van der Waals surface area contributed by atoms with E-state index in [1.54, 1.807) is 4.90 Å². The van der Waals surface area contributed by atoms with Gasteiger partial charge in [0.1, 0.15) is 0 Å². The minimum absolute atomic E-state index is 0.0803. The van der Waals surface area contributed by atoms with Crippen LogP contribution in [0.2, 0.25) is 0 Å². The number of carbonyl (C=O) groups excluding carboxylic acids is 2. The van der Waals surface area contributed by atoms with Crippen molar-refractivity contribution in [2.24, 2.45) is 5.41 Å². The number of aryl methyl sites for hydroxylation is 1. The Morgan fingerprint density at radius 1 is 1.30 bits per heavy atom. The van der Waals surface area contributed by atoms with Crippen LogP contribution in [0.1, 0.15) is 32.3 Å². The summed E-state index contributed by atoms with van der Waals surface area (Å²) in [7, 11) is 0. The summed E-state index contributed by atoms with van der Waals surface area (Å²) in [5.41, 5.74) is 0.868. The van der Waals surface area contributed by atoms with Gasteiger partial charge >= 0.3 is 0 Å². The average Bonchev–Trinajstić information content (AvgIpc) is 2.41. The summed E-state index contributed by atoms with van der Waals surface area (Å²) >= 11 is 3.39. The smallest absolute Gasteiger partial charge is 0.223 e. The van der Waals surface area contributed by atoms with Crippen molar-refractivity contribution in [3.8, 4) is 0 Å². The molecule has 1 aromatic carbocycles. The highest BCUT2D eigenvalue weighted by Crippen LogP contribution is 2.27. The van der Waals surface area contributed by atoms with Gasteiger partial charge in [0.2, 0.25) is 5.91 Å². The summed E-state index contributed by atoms with van der Waals surface area (Å²) in [6.07, 6.45) is 1.95. The maximum Gasteiger partial charge on any atom is 0.223 e. The van der Waals surface area contributed by atoms with Crippen LogP contribution >= 0.6 is 15.9 Å². The lowest BCUT2D eigenvalue weighted by Crippen LogP contribution is -2.47. The third-order valence-corrected chi connectivity index (χ3v) is 4.52. The van der Waals surface area contributed by atoms with Gasteiger partial charge < -0.3 is 4.90 Å². The van der Waals surface area contributed by atoms with Gasteiger partial charge in [0, 0.05) is 22.9 Å². The van der Waals surface area contributed by atoms with E-state index in [4.69, 9.17) is 0 Å². The quantitative estimate of drug-likeness (QED) is 0.849. The van der Waals surface area contributed by atoms with E-state index >= 15 is 0 Å². The number of Topliss-reactive ketones (excluding diaryl/α,β-unsaturated/α-hetero) is 1. The van der Waals surface area contributed by atoms with Crippen LogP contribution in [0.4, 0.5) is 0 Å². The fourth-order valence-corrected chi connectivity index (χ4v) is 2.56. The Labute approximate surface area is 128 Å². The molecule has 1 heterocycles. The zero-order valence-electron chi connectivity index (χ0n) is 12.0. The number of rotatable bonds is 3. The number of piperidine rings is 1. The fourth-order valence-electron chi connectivity index (χ4n) is 2.29. The Morgan fingerprint density at radius 2 is 1.95 bits per heavy atom. The number of likely N-dealkylation sites (tertiary alicyclic amines) is 1. The molecule has 1 aliphatic heterocycles. The second-order valence-corrected chi connectivity index (χ2v) is 6.91. The number of carbonyl (C=O) groups is 2. The molecule has 0 unspecified atom stereocenters. The number of hydrogen-bond acceptors (Lipinski definition) is 2. The van der Waals surface area contributed by atoms with Gasteiger partial charge in [-0.2, -0.15) is 0 Å². The lowest BCUT2D eigenvalue weighted by atomic mass is 9.81. The van der Waals surface area contributed by atoms with E-state index in [1.165, 1.54) is 0 Å². The molecule has 0 aromatic heterocycles. The Hall–Kier alpha value is -1.16. The van der Waals surface area contributed by atoms with Crippen molar-refractivity contribution >= 4 is 27.6 Å². The summed E-state index contributed by atoms with van der Waals surface area (Å²) in [5.74, 6) is 0.248. The molecular weight excluding hydrogens is 318 g/mol. The lowest BCUT2D eigenvalue weighted by molar-refractivity contribution is -0.142. The van der Waals surface area contributed by atoms with Crippen LogP contribution in [0, 0.1) is 5.41 Å². The van der Waals surface area contributed by atoms with E-state index in [1.807, 2.05) is 38.1 Å². The SMILES string of the molecule is CC1(C)CCN(C(=O)CCc2ccc(Br)cc2)CC1=O. The van der Waals surface area contributed by atoms with Gasteiger partial charge in [-0.1, -0.05) is 41.9 Å². The highest BCUT2D eigenvalue weighted by molar-refractivity contribution is 9.10. The van der Waals surface area contributed by atoms with Crippen LogP contribution < -0.4 is 0 Å². The van der Waals surface area contributed by atoms with Gasteiger partial charge in [0.05, 0.1) is 6.54 Å². The highest BCUT2D eigenvalue weighted by atomic mass is 79.9. The molecule has 4 heteroatoms. The monoisotopic (exact) mass is 337 g/mol. The second-order valence-electron chi connectivity index (χ2n) is 6.00. The predicted molar refractivity (Wildman–Crippen MR) is 82.4 cm³/mol. The van der Waals surface area contributed by atoms with Crippen LogP contribution in [0.5, 0.6) is 0 Å². The van der Waals surface area contributed by atoms with Crippen molar-refractivity contribution in [2.45, 2.75) is 33.1 Å². The van der Waals surface area contributed by atoms with Gasteiger partial charge in [-0.25, -0.2) is 0 Å². The molecule has 0 atom stereocenters. The molecular formula is C16H20BrNO2. The minimum Gasteiger partial charge on any atom is -0.335 e. The summed E-state index contributed by atoms with van der Waals surface area (Å²) in [6, 6.07) is 7.99. The number of benzene rings is 1. The molecule has 0 aliphatic carbocycles. The molecule has 20 heavy (non-hydrogen) atoms. The van der Waals surface area contributed by atoms with Crippen LogP contribution in [-0.4, -0.2) is 29.7 Å². The van der Waals surface area contributed by atoms with Gasteiger partial charge in [-0.3, -0.25) is 9.59 Å². The third-order valence-electron chi connectivity index (χ3n) is 3.99. The normalized spacial score (nSPS) is 18.1. The summed E-state index contributed by atoms with van der Waals surface area (Å²) in [6.45, 7) is 4.88. The zero-order chi connectivity index (χ0) is 14.8. The number of nitrogens with zero attached hydrogens (tertiary/aromatic N) is 1. The predicted octanol–water partition coefficient (Wildman–Crippen LogP) is 3.21. The Morgan fingerprint density at radius 3 is 2.55 bits per heavy atom. The Bertz CT molecular complexity index is 508. The first kappa shape index (κ1) is 15.2. The molecule has 1 amide bonds. The molecule has 0 N–H and O–H groups in total. The molecule has 0 saturated carbocycles. The Balaban J connectivity index is 1.87. The molecule has 1 fully saturated rings. The zero-order valence-corrected chi connectivity index (χ0v) is 13.6. The lowest BCUT2D eigenvalue weighted by Gasteiger charge is -2.35. The van der Waals surface area contributed by atoms with Crippen molar-refractivity contribution in [3.05, 3.63) is 34.3 Å². The first-order chi connectivity index (χ1) is 9.38. The van der Waals surface area contributed by atoms with Crippen molar-refractivity contribution in [3.63, 3.8) is 0 Å². The van der Waals surface area contributed by atoms with E-state index in [-0.39, 0.29) is 23.7 Å². The Kier molecular flexibility index (Phi) is 4.63. The number of hydrogen-bond donors (Lipinski definition) is 0. The molecule has 1 saturated heterocycles. The van der Waals surface area contributed by atoms with Crippen LogP contribution in [0.15, 0.2) is 28.7 Å². The number of amides is 1. The summed E-state index contributed by atoms with van der Waals surface area (Å²) in [5, 5.41) is 0. The summed E-state index contributed by atoms with van der Waals surface area (Å²) in [4.78, 5) is 25.8. The van der Waals surface area contributed by atoms with E-state index in [9.17, 15) is 9.59 Å². The van der Waals surface area contributed by atoms with E-state index in [0.29, 0.717) is 13.0 Å². The molecule has 108 valence electrons. The molecule has 0 bridgehead atoms. The average molecular weight is 338 g/mol. The molecule has 0 spiro atoms. The van der Waals surface area contributed by atoms with Crippen molar-refractivity contribution in [1.82, 2.24) is 4.90 Å². The largest absolute Gasteiger partial charge is 0.335 e. The van der Waals surface area contributed by atoms with Crippen LogP contribution in [-0.2, 0) is 16.0 Å². The topological polar surface area (TPSA) is 37.4 Å². The van der Waals surface area contributed by atoms with Crippen molar-refractivity contribution < 1.29 is 9.59 Å². The first-order valence-corrected chi connectivity index (χ1v) is 7.73. The molecule has 0 radical (unpaired) electrons. The van der Waals surface area contributed by atoms with E-state index in [2.05, 4.69) is 15.9 Å². The third kappa shape index (κ3) is 3.69.